The Balaban J connectivity index is 2.90. The molecule has 1 atom stereocenters. The fourth-order valence-electron chi connectivity index (χ4n) is 1.61. The molecule has 6 heteroatoms. The SMILES string of the molecule is COC(=O)C(NCCN(C)C)c1cccc(Cl)c1F. The van der Waals surface area contributed by atoms with Crippen LogP contribution in [0.1, 0.15) is 11.6 Å². The first-order chi connectivity index (χ1) is 8.97. The minimum absolute atomic E-state index is 0.0131. The Bertz CT molecular complexity index is 441. The molecule has 0 fully saturated rings. The number of carbonyl (C=O) groups is 1. The van der Waals surface area contributed by atoms with Gasteiger partial charge in [-0.25, -0.2) is 9.18 Å². The molecule has 1 unspecified atom stereocenters. The lowest BCUT2D eigenvalue weighted by Crippen LogP contribution is -2.35. The Hall–Kier alpha value is -1.17. The number of carbonyl (C=O) groups excluding carboxylic acids is 1. The lowest BCUT2D eigenvalue weighted by atomic mass is 10.1. The van der Waals surface area contributed by atoms with E-state index in [4.69, 9.17) is 16.3 Å². The molecule has 4 nitrogen and oxygen atoms in total. The van der Waals surface area contributed by atoms with Gasteiger partial charge in [0, 0.05) is 18.7 Å². The molecule has 1 aromatic carbocycles. The molecule has 0 aromatic heterocycles. The molecule has 0 aliphatic carbocycles. The Kier molecular flexibility index (Phi) is 6.21. The molecule has 0 amide bonds. The molecule has 1 rings (SSSR count). The van der Waals surface area contributed by atoms with Crippen molar-refractivity contribution < 1.29 is 13.9 Å². The van der Waals surface area contributed by atoms with Crippen molar-refractivity contribution in [3.63, 3.8) is 0 Å². The van der Waals surface area contributed by atoms with E-state index in [1.54, 1.807) is 6.07 Å². The minimum Gasteiger partial charge on any atom is -0.468 e. The normalized spacial score (nSPS) is 12.5. The van der Waals surface area contributed by atoms with Crippen LogP contribution in [0.5, 0.6) is 0 Å². The quantitative estimate of drug-likeness (QED) is 0.811. The summed E-state index contributed by atoms with van der Waals surface area (Å²) in [6, 6.07) is 3.70. The van der Waals surface area contributed by atoms with Gasteiger partial charge in [-0.15, -0.1) is 0 Å². The average Bonchev–Trinajstić information content (AvgIpc) is 2.37. The number of nitrogens with zero attached hydrogens (tertiary/aromatic N) is 1. The summed E-state index contributed by atoms with van der Waals surface area (Å²) in [7, 11) is 5.09. The van der Waals surface area contributed by atoms with Crippen LogP contribution in [0.4, 0.5) is 4.39 Å². The monoisotopic (exact) mass is 288 g/mol. The molecule has 1 aromatic rings. The molecule has 0 aliphatic heterocycles. The van der Waals surface area contributed by atoms with Crippen LogP contribution >= 0.6 is 11.6 Å². The second-order valence-corrected chi connectivity index (χ2v) is 4.76. The van der Waals surface area contributed by atoms with E-state index in [2.05, 4.69) is 5.32 Å². The molecule has 1 N–H and O–H groups in total. The summed E-state index contributed by atoms with van der Waals surface area (Å²) in [5, 5.41) is 2.96. The molecular weight excluding hydrogens is 271 g/mol. The van der Waals surface area contributed by atoms with Crippen LogP contribution in [0.2, 0.25) is 5.02 Å². The van der Waals surface area contributed by atoms with Gasteiger partial charge in [0.25, 0.3) is 0 Å². The summed E-state index contributed by atoms with van der Waals surface area (Å²) in [5.74, 6) is -1.14. The number of benzene rings is 1. The largest absolute Gasteiger partial charge is 0.468 e. The summed E-state index contributed by atoms with van der Waals surface area (Å²) in [6.07, 6.45) is 0. The zero-order valence-corrected chi connectivity index (χ0v) is 12.0. The van der Waals surface area contributed by atoms with Gasteiger partial charge in [0.1, 0.15) is 11.9 Å². The van der Waals surface area contributed by atoms with Crippen LogP contribution in [-0.4, -0.2) is 45.2 Å². The molecule has 0 saturated heterocycles. The first-order valence-corrected chi connectivity index (χ1v) is 6.25. The van der Waals surface area contributed by atoms with Crippen molar-refractivity contribution in [3.05, 3.63) is 34.6 Å². The van der Waals surface area contributed by atoms with Crippen LogP contribution in [0.15, 0.2) is 18.2 Å². The molecule has 0 spiro atoms. The molecule has 0 aliphatic rings. The predicted molar refractivity (Wildman–Crippen MR) is 72.7 cm³/mol. The van der Waals surface area contributed by atoms with Gasteiger partial charge in [-0.3, -0.25) is 5.32 Å². The molecule has 0 bridgehead atoms. The van der Waals surface area contributed by atoms with Gasteiger partial charge >= 0.3 is 5.97 Å². The first kappa shape index (κ1) is 15.9. The van der Waals surface area contributed by atoms with Gasteiger partial charge in [-0.05, 0) is 20.2 Å². The summed E-state index contributed by atoms with van der Waals surface area (Å²) in [6.45, 7) is 1.24. The van der Waals surface area contributed by atoms with Gasteiger partial charge < -0.3 is 9.64 Å². The second kappa shape index (κ2) is 7.43. The lowest BCUT2D eigenvalue weighted by molar-refractivity contribution is -0.143. The van der Waals surface area contributed by atoms with Crippen molar-refractivity contribution >= 4 is 17.6 Å². The standard InChI is InChI=1S/C13H18ClFN2O2/c1-17(2)8-7-16-12(13(18)19-3)9-5-4-6-10(14)11(9)15/h4-6,12,16H,7-8H2,1-3H3. The van der Waals surface area contributed by atoms with Crippen LogP contribution in [-0.2, 0) is 9.53 Å². The smallest absolute Gasteiger partial charge is 0.327 e. The van der Waals surface area contributed by atoms with E-state index in [1.807, 2.05) is 19.0 Å². The van der Waals surface area contributed by atoms with Gasteiger partial charge in [0.05, 0.1) is 12.1 Å². The van der Waals surface area contributed by atoms with Gasteiger partial charge in [-0.1, -0.05) is 23.7 Å². The number of hydrogen-bond acceptors (Lipinski definition) is 4. The Morgan fingerprint density at radius 3 is 2.79 bits per heavy atom. The topological polar surface area (TPSA) is 41.6 Å². The van der Waals surface area contributed by atoms with E-state index < -0.39 is 17.8 Å². The van der Waals surface area contributed by atoms with Crippen molar-refractivity contribution in [2.45, 2.75) is 6.04 Å². The van der Waals surface area contributed by atoms with Crippen molar-refractivity contribution in [3.8, 4) is 0 Å². The summed E-state index contributed by atoms with van der Waals surface area (Å²) in [4.78, 5) is 13.7. The lowest BCUT2D eigenvalue weighted by Gasteiger charge is -2.19. The molecule has 19 heavy (non-hydrogen) atoms. The third kappa shape index (κ3) is 4.45. The summed E-state index contributed by atoms with van der Waals surface area (Å²) in [5.41, 5.74) is 0.193. The first-order valence-electron chi connectivity index (χ1n) is 5.87. The maximum atomic E-state index is 13.9. The number of hydrogen-bond donors (Lipinski definition) is 1. The molecule has 0 saturated carbocycles. The van der Waals surface area contributed by atoms with Crippen molar-refractivity contribution in [2.75, 3.05) is 34.3 Å². The van der Waals surface area contributed by atoms with Crippen LogP contribution in [0.25, 0.3) is 0 Å². The predicted octanol–water partition coefficient (Wildman–Crippen LogP) is 1.84. The Morgan fingerprint density at radius 1 is 1.53 bits per heavy atom. The Labute approximate surface area is 117 Å². The highest BCUT2D eigenvalue weighted by Crippen LogP contribution is 2.24. The van der Waals surface area contributed by atoms with Crippen molar-refractivity contribution in [2.24, 2.45) is 0 Å². The van der Waals surface area contributed by atoms with E-state index in [0.717, 1.165) is 6.54 Å². The number of esters is 1. The molecule has 0 radical (unpaired) electrons. The number of rotatable bonds is 6. The van der Waals surface area contributed by atoms with E-state index in [-0.39, 0.29) is 10.6 Å². The third-order valence-corrected chi connectivity index (χ3v) is 2.93. The zero-order chi connectivity index (χ0) is 14.4. The maximum Gasteiger partial charge on any atom is 0.327 e. The number of nitrogens with one attached hydrogen (secondary N) is 1. The van der Waals surface area contributed by atoms with Gasteiger partial charge in [0.2, 0.25) is 0 Å². The average molecular weight is 289 g/mol. The summed E-state index contributed by atoms with van der Waals surface area (Å²) < 4.78 is 18.6. The molecular formula is C13H18ClFN2O2. The number of methoxy groups -OCH3 is 1. The van der Waals surface area contributed by atoms with E-state index in [9.17, 15) is 9.18 Å². The van der Waals surface area contributed by atoms with E-state index in [0.29, 0.717) is 6.54 Å². The highest BCUT2D eigenvalue weighted by atomic mass is 35.5. The maximum absolute atomic E-state index is 13.9. The molecule has 106 valence electrons. The fourth-order valence-corrected chi connectivity index (χ4v) is 1.80. The van der Waals surface area contributed by atoms with E-state index >= 15 is 0 Å². The number of likely N-dealkylation sites (N-methyl/N-ethyl adjacent to an activating group) is 1. The Morgan fingerprint density at radius 2 is 2.21 bits per heavy atom. The molecule has 0 heterocycles. The third-order valence-electron chi connectivity index (χ3n) is 2.64. The van der Waals surface area contributed by atoms with Crippen molar-refractivity contribution in [1.29, 1.82) is 0 Å². The highest BCUT2D eigenvalue weighted by molar-refractivity contribution is 6.30. The fraction of sp³-hybridized carbons (Fsp3) is 0.462. The van der Waals surface area contributed by atoms with E-state index in [1.165, 1.54) is 19.2 Å². The van der Waals surface area contributed by atoms with Crippen molar-refractivity contribution in [1.82, 2.24) is 10.2 Å². The summed E-state index contributed by atoms with van der Waals surface area (Å²) >= 11 is 5.73. The number of ether oxygens (including phenoxy) is 1. The van der Waals surface area contributed by atoms with Crippen LogP contribution < -0.4 is 5.32 Å². The highest BCUT2D eigenvalue weighted by Gasteiger charge is 2.24. The zero-order valence-electron chi connectivity index (χ0n) is 11.2. The van der Waals surface area contributed by atoms with Crippen LogP contribution in [0.3, 0.4) is 0 Å². The van der Waals surface area contributed by atoms with Gasteiger partial charge in [-0.2, -0.15) is 0 Å². The second-order valence-electron chi connectivity index (χ2n) is 4.36. The van der Waals surface area contributed by atoms with Crippen LogP contribution in [0, 0.1) is 5.82 Å². The number of halogens is 2. The van der Waals surface area contributed by atoms with Gasteiger partial charge in [0.15, 0.2) is 0 Å². The minimum atomic E-state index is -0.858.